The van der Waals surface area contributed by atoms with Crippen molar-refractivity contribution in [2.24, 2.45) is 0 Å². The second-order valence-corrected chi connectivity index (χ2v) is 8.43. The van der Waals surface area contributed by atoms with Gasteiger partial charge in [-0.05, 0) is 47.7 Å². The number of rotatable bonds is 11. The number of carbonyl (C=O) groups is 2. The number of esters is 1. The average molecular weight is 480 g/mol. The Hall–Kier alpha value is -3.54. The summed E-state index contributed by atoms with van der Waals surface area (Å²) in [5, 5.41) is 0. The Kier molecular flexibility index (Phi) is 9.53. The van der Waals surface area contributed by atoms with Crippen LogP contribution in [0.15, 0.2) is 78.9 Å². The van der Waals surface area contributed by atoms with E-state index < -0.39 is 19.4 Å². The van der Waals surface area contributed by atoms with E-state index in [4.69, 9.17) is 4.74 Å². The van der Waals surface area contributed by atoms with Crippen LogP contribution in [0.5, 0.6) is 0 Å². The van der Waals surface area contributed by atoms with Crippen LogP contribution >= 0.6 is 0 Å². The molecule has 3 aromatic rings. The van der Waals surface area contributed by atoms with E-state index in [1.165, 1.54) is 18.2 Å². The fourth-order valence-corrected chi connectivity index (χ4v) is 4.43. The second-order valence-electron chi connectivity index (χ2n) is 8.43. The van der Waals surface area contributed by atoms with E-state index in [2.05, 4.69) is 0 Å². The summed E-state index contributed by atoms with van der Waals surface area (Å²) in [6, 6.07) is 23.5. The van der Waals surface area contributed by atoms with Crippen molar-refractivity contribution in [3.05, 3.63) is 107 Å². The van der Waals surface area contributed by atoms with E-state index in [0.717, 1.165) is 11.1 Å². The summed E-state index contributed by atoms with van der Waals surface area (Å²) in [6.45, 7) is 0.449. The fraction of sp³-hybridized carbons (Fsp3) is 0.310. The minimum Gasteiger partial charge on any atom is -0.466 e. The zero-order valence-electron chi connectivity index (χ0n) is 20.1. The van der Waals surface area contributed by atoms with E-state index in [-0.39, 0.29) is 47.5 Å². The van der Waals surface area contributed by atoms with Gasteiger partial charge in [0.25, 0.3) is 5.91 Å². The van der Waals surface area contributed by atoms with Crippen molar-refractivity contribution in [3.8, 4) is 0 Å². The van der Waals surface area contributed by atoms with Crippen molar-refractivity contribution < 1.29 is 23.1 Å². The molecular formula is C29H31F2NO3. The molecule has 0 aliphatic heterocycles. The minimum absolute atomic E-state index is 0.131. The van der Waals surface area contributed by atoms with Crippen molar-refractivity contribution >= 4 is 11.9 Å². The Morgan fingerprint density at radius 2 is 1.37 bits per heavy atom. The van der Waals surface area contributed by atoms with Gasteiger partial charge in [0.2, 0.25) is 0 Å². The Balaban J connectivity index is 2.05. The Morgan fingerprint density at radius 1 is 0.857 bits per heavy atom. The number of halogens is 2. The summed E-state index contributed by atoms with van der Waals surface area (Å²) in [6.07, 6.45) is 0.487. The number of ether oxygens (including phenoxy) is 1. The number of benzene rings is 3. The zero-order valence-corrected chi connectivity index (χ0v) is 20.1. The third kappa shape index (κ3) is 6.75. The molecule has 184 valence electrons. The third-order valence-corrected chi connectivity index (χ3v) is 6.08. The van der Waals surface area contributed by atoms with E-state index in [9.17, 15) is 18.4 Å². The van der Waals surface area contributed by atoms with E-state index in [1.54, 1.807) is 18.9 Å². The maximum atomic E-state index is 13.6. The van der Waals surface area contributed by atoms with Gasteiger partial charge in [-0.1, -0.05) is 66.7 Å². The van der Waals surface area contributed by atoms with Crippen molar-refractivity contribution in [1.82, 2.24) is 4.90 Å². The molecule has 0 aliphatic rings. The first-order chi connectivity index (χ1) is 17.0. The van der Waals surface area contributed by atoms with Gasteiger partial charge in [-0.2, -0.15) is 0 Å². The van der Waals surface area contributed by atoms with Gasteiger partial charge in [-0.25, -0.2) is 8.78 Å². The largest absolute Gasteiger partial charge is 0.466 e. The molecule has 0 fully saturated rings. The highest BCUT2D eigenvalue weighted by Gasteiger charge is 2.32. The lowest BCUT2D eigenvalue weighted by Crippen LogP contribution is -2.42. The normalized spacial score (nSPS) is 11.8. The van der Waals surface area contributed by atoms with Gasteiger partial charge in [-0.3, -0.25) is 9.59 Å². The number of alkyl halides is 2. The highest BCUT2D eigenvalue weighted by Crippen LogP contribution is 2.34. The van der Waals surface area contributed by atoms with E-state index in [0.29, 0.717) is 6.42 Å². The summed E-state index contributed by atoms with van der Waals surface area (Å²) >= 11 is 0. The molecule has 3 rings (SSSR count). The highest BCUT2D eigenvalue weighted by molar-refractivity contribution is 5.94. The number of hydrogen-bond acceptors (Lipinski definition) is 3. The van der Waals surface area contributed by atoms with Crippen molar-refractivity contribution in [1.29, 1.82) is 0 Å². The molecule has 0 saturated carbocycles. The predicted molar refractivity (Wildman–Crippen MR) is 133 cm³/mol. The lowest BCUT2D eigenvalue weighted by atomic mass is 9.82. The minimum atomic E-state index is -0.791. The van der Waals surface area contributed by atoms with Gasteiger partial charge in [0, 0.05) is 31.0 Å². The van der Waals surface area contributed by atoms with Gasteiger partial charge in [0.15, 0.2) is 0 Å². The zero-order chi connectivity index (χ0) is 25.2. The smallest absolute Gasteiger partial charge is 0.305 e. The molecule has 1 atom stereocenters. The van der Waals surface area contributed by atoms with Crippen molar-refractivity contribution in [2.75, 3.05) is 13.7 Å². The van der Waals surface area contributed by atoms with Gasteiger partial charge in [0.1, 0.15) is 13.3 Å². The summed E-state index contributed by atoms with van der Waals surface area (Å²) in [7, 11) is 1.67. The van der Waals surface area contributed by atoms with Crippen LogP contribution in [-0.4, -0.2) is 36.5 Å². The molecule has 35 heavy (non-hydrogen) atoms. The topological polar surface area (TPSA) is 46.6 Å². The number of amides is 1. The summed E-state index contributed by atoms with van der Waals surface area (Å²) in [5.41, 5.74) is 2.71. The predicted octanol–water partition coefficient (Wildman–Crippen LogP) is 6.24. The molecule has 4 nitrogen and oxygen atoms in total. The molecule has 6 heteroatoms. The average Bonchev–Trinajstić information content (AvgIpc) is 2.91. The first kappa shape index (κ1) is 26.1. The molecular weight excluding hydrogens is 448 g/mol. The number of hydrogen-bond donors (Lipinski definition) is 0. The molecule has 1 amide bonds. The number of likely N-dealkylation sites (N-methyl/N-ethyl adjacent to an activating group) is 1. The second kappa shape index (κ2) is 12.8. The quantitative estimate of drug-likeness (QED) is 0.306. The first-order valence-corrected chi connectivity index (χ1v) is 11.8. The van der Waals surface area contributed by atoms with Crippen LogP contribution in [-0.2, 0) is 22.9 Å². The Morgan fingerprint density at radius 3 is 1.83 bits per heavy atom. The number of carbonyl (C=O) groups excluding carboxylic acids is 2. The first-order valence-electron chi connectivity index (χ1n) is 11.8. The van der Waals surface area contributed by atoms with Crippen LogP contribution in [0.4, 0.5) is 8.78 Å². The molecule has 0 aromatic heterocycles. The molecule has 0 N–H and O–H groups in total. The maximum absolute atomic E-state index is 13.6. The van der Waals surface area contributed by atoms with Crippen LogP contribution in [0, 0.1) is 0 Å². The molecule has 0 bridgehead atoms. The molecule has 0 radical (unpaired) electrons. The van der Waals surface area contributed by atoms with Crippen molar-refractivity contribution in [3.63, 3.8) is 0 Å². The molecule has 0 spiro atoms. The third-order valence-electron chi connectivity index (χ3n) is 6.08. The number of nitrogens with zero attached hydrogens (tertiary/aromatic N) is 1. The van der Waals surface area contributed by atoms with Crippen LogP contribution in [0.1, 0.15) is 58.3 Å². The van der Waals surface area contributed by atoms with E-state index >= 15 is 0 Å². The van der Waals surface area contributed by atoms with Crippen LogP contribution < -0.4 is 0 Å². The highest BCUT2D eigenvalue weighted by atomic mass is 19.1. The van der Waals surface area contributed by atoms with Crippen LogP contribution in [0.3, 0.4) is 0 Å². The van der Waals surface area contributed by atoms with Crippen molar-refractivity contribution in [2.45, 2.75) is 45.1 Å². The fourth-order valence-electron chi connectivity index (χ4n) is 4.43. The molecule has 3 aromatic carbocycles. The van der Waals surface area contributed by atoms with Gasteiger partial charge < -0.3 is 9.64 Å². The Bertz CT molecular complexity index is 1040. The Labute approximate surface area is 205 Å². The van der Waals surface area contributed by atoms with E-state index in [1.807, 2.05) is 60.7 Å². The van der Waals surface area contributed by atoms with Gasteiger partial charge >= 0.3 is 5.97 Å². The SMILES string of the molecule is CCOC(=O)CCC(C(c1ccccc1)c1ccccc1)N(C)C(=O)c1cc(CF)cc(CF)c1. The lowest BCUT2D eigenvalue weighted by molar-refractivity contribution is -0.143. The summed E-state index contributed by atoms with van der Waals surface area (Å²) < 4.78 is 31.9. The monoisotopic (exact) mass is 479 g/mol. The summed E-state index contributed by atoms with van der Waals surface area (Å²) in [4.78, 5) is 27.5. The maximum Gasteiger partial charge on any atom is 0.305 e. The summed E-state index contributed by atoms with van der Waals surface area (Å²) in [5.74, 6) is -0.927. The lowest BCUT2D eigenvalue weighted by Gasteiger charge is -2.36. The van der Waals surface area contributed by atoms with Gasteiger partial charge in [0.05, 0.1) is 6.61 Å². The molecule has 0 saturated heterocycles. The molecule has 0 aliphatic carbocycles. The molecule has 1 unspecified atom stereocenters. The van der Waals surface area contributed by atoms with Gasteiger partial charge in [-0.15, -0.1) is 0 Å². The van der Waals surface area contributed by atoms with Crippen LogP contribution in [0.2, 0.25) is 0 Å². The molecule has 0 heterocycles. The van der Waals surface area contributed by atoms with Crippen LogP contribution in [0.25, 0.3) is 0 Å². The standard InChI is InChI=1S/C29H31F2NO3/c1-3-35-27(33)15-14-26(28(23-10-6-4-7-11-23)24-12-8-5-9-13-24)32(2)29(34)25-17-21(19-30)16-22(18-25)20-31/h4-13,16-18,26,28H,3,14-15,19-20H2,1-2H3.